The maximum absolute atomic E-state index is 2.17. The highest BCUT2D eigenvalue weighted by Crippen LogP contribution is 2.19. The maximum Gasteiger partial charge on any atom is -0.0184 e. The molecule has 2 rings (SSSR count). The summed E-state index contributed by atoms with van der Waals surface area (Å²) in [6.45, 7) is 4.22. The van der Waals surface area contributed by atoms with E-state index in [0.29, 0.717) is 0 Å². The van der Waals surface area contributed by atoms with Gasteiger partial charge in [0.15, 0.2) is 0 Å². The third-order valence-corrected chi connectivity index (χ3v) is 2.44. The molecule has 0 fully saturated rings. The van der Waals surface area contributed by atoms with Gasteiger partial charge in [0.1, 0.15) is 0 Å². The van der Waals surface area contributed by atoms with Crippen LogP contribution in [0.2, 0.25) is 0 Å². The molecule has 0 spiro atoms. The van der Waals surface area contributed by atoms with Crippen molar-refractivity contribution in [1.29, 1.82) is 0 Å². The van der Waals surface area contributed by atoms with Crippen molar-refractivity contribution in [3.63, 3.8) is 0 Å². The van der Waals surface area contributed by atoms with Gasteiger partial charge in [-0.3, -0.25) is 11.0 Å². The van der Waals surface area contributed by atoms with Crippen LogP contribution in [0.25, 0.3) is 11.1 Å². The highest BCUT2D eigenvalue weighted by Gasteiger charge is 1.95. The Morgan fingerprint density at radius 1 is 0.500 bits per heavy atom. The smallest absolute Gasteiger partial charge is 0.0184 e. The molecule has 0 unspecified atom stereocenters. The van der Waals surface area contributed by atoms with Gasteiger partial charge < -0.3 is 0 Å². The molecule has 0 amide bonds. The Morgan fingerprint density at radius 3 is 1.00 bits per heavy atom. The average Bonchev–Trinajstić information content (AvgIpc) is 2.21. The van der Waals surface area contributed by atoms with Crippen LogP contribution in [0.5, 0.6) is 0 Å². The van der Waals surface area contributed by atoms with Gasteiger partial charge in [-0.25, -0.2) is 0 Å². The van der Waals surface area contributed by atoms with Crippen LogP contribution in [0.1, 0.15) is 11.1 Å². The lowest BCUT2D eigenvalue weighted by Crippen LogP contribution is -1.78. The van der Waals surface area contributed by atoms with E-state index >= 15 is 0 Å². The first-order valence-electron chi connectivity index (χ1n) is 4.89. The summed E-state index contributed by atoms with van der Waals surface area (Å²) in [6.07, 6.45) is 0. The van der Waals surface area contributed by atoms with Crippen LogP contribution in [-0.2, 0) is 0 Å². The molecular weight excluding hydrogens is 200 g/mol. The Morgan fingerprint density at radius 2 is 0.750 bits per heavy atom. The highest BCUT2D eigenvalue weighted by molar-refractivity contribution is 5.63. The lowest BCUT2D eigenvalue weighted by molar-refractivity contribution is 0.823. The van der Waals surface area contributed by atoms with Gasteiger partial charge in [0, 0.05) is 0 Å². The molecule has 0 aliphatic carbocycles. The SMILES string of the molecule is Cc1ccc(-c2ccc(C)cc2)cc1.[OH].[OH]. The summed E-state index contributed by atoms with van der Waals surface area (Å²) in [5.41, 5.74) is 5.19. The van der Waals surface area contributed by atoms with Crippen molar-refractivity contribution in [2.24, 2.45) is 0 Å². The summed E-state index contributed by atoms with van der Waals surface area (Å²) in [5, 5.41) is 0. The summed E-state index contributed by atoms with van der Waals surface area (Å²) in [5.74, 6) is 0. The molecule has 0 aliphatic heterocycles. The maximum atomic E-state index is 2.17. The Hall–Kier alpha value is -1.64. The predicted octanol–water partition coefficient (Wildman–Crippen LogP) is 3.62. The normalized spacial score (nSPS) is 8.88. The molecule has 0 saturated heterocycles. The van der Waals surface area contributed by atoms with Crippen molar-refractivity contribution in [2.45, 2.75) is 13.8 Å². The fourth-order valence-electron chi connectivity index (χ4n) is 1.49. The molecular formula is C14H16O2. The van der Waals surface area contributed by atoms with E-state index in [4.69, 9.17) is 0 Å². The molecule has 2 nitrogen and oxygen atoms in total. The standard InChI is InChI=1S/C14H14.2HO/c1-11-3-7-13(8-4-11)14-9-5-12(2)6-10-14;;/h3-10H,1-2H3;2*1H. The van der Waals surface area contributed by atoms with Gasteiger partial charge in [0.2, 0.25) is 0 Å². The van der Waals surface area contributed by atoms with E-state index in [1.807, 2.05) is 0 Å². The van der Waals surface area contributed by atoms with Crippen molar-refractivity contribution >= 4 is 0 Å². The zero-order valence-corrected chi connectivity index (χ0v) is 9.51. The third-order valence-electron chi connectivity index (χ3n) is 2.44. The summed E-state index contributed by atoms with van der Waals surface area (Å²) in [4.78, 5) is 0. The monoisotopic (exact) mass is 216 g/mol. The number of hydrogen-bond donors (Lipinski definition) is 2. The van der Waals surface area contributed by atoms with Crippen molar-refractivity contribution in [2.75, 3.05) is 0 Å². The fraction of sp³-hybridized carbons (Fsp3) is 0.143. The molecule has 0 aliphatic rings. The van der Waals surface area contributed by atoms with E-state index in [2.05, 4.69) is 62.4 Å². The van der Waals surface area contributed by atoms with Crippen LogP contribution in [0.15, 0.2) is 48.5 Å². The first-order valence-corrected chi connectivity index (χ1v) is 4.89. The molecule has 0 bridgehead atoms. The van der Waals surface area contributed by atoms with E-state index in [-0.39, 0.29) is 11.0 Å². The first kappa shape index (κ1) is 14.4. The second kappa shape index (κ2) is 6.05. The molecule has 2 radical (unpaired) electrons. The molecule has 2 aromatic rings. The van der Waals surface area contributed by atoms with Gasteiger partial charge in [0.25, 0.3) is 0 Å². The topological polar surface area (TPSA) is 60.0 Å². The second-order valence-corrected chi connectivity index (χ2v) is 3.73. The third kappa shape index (κ3) is 3.19. The van der Waals surface area contributed by atoms with E-state index in [1.54, 1.807) is 0 Å². The summed E-state index contributed by atoms with van der Waals surface area (Å²) in [7, 11) is 0. The van der Waals surface area contributed by atoms with Crippen LogP contribution in [-0.4, -0.2) is 11.0 Å². The van der Waals surface area contributed by atoms with Crippen LogP contribution < -0.4 is 0 Å². The van der Waals surface area contributed by atoms with Gasteiger partial charge in [-0.2, -0.15) is 0 Å². The van der Waals surface area contributed by atoms with Crippen LogP contribution >= 0.6 is 0 Å². The number of hydrogen-bond acceptors (Lipinski definition) is 0. The largest absolute Gasteiger partial charge is 0.255 e. The Bertz CT molecular complexity index is 372. The Balaban J connectivity index is 0.00000112. The van der Waals surface area contributed by atoms with Gasteiger partial charge in [0.05, 0.1) is 0 Å². The minimum atomic E-state index is 0. The molecule has 0 saturated carbocycles. The first-order chi connectivity index (χ1) is 6.75. The Labute approximate surface area is 96.2 Å². The van der Waals surface area contributed by atoms with Gasteiger partial charge in [-0.05, 0) is 25.0 Å². The summed E-state index contributed by atoms with van der Waals surface area (Å²) in [6, 6.07) is 17.3. The molecule has 2 N–H and O–H groups in total. The highest BCUT2D eigenvalue weighted by atomic mass is 16.0. The van der Waals surface area contributed by atoms with Gasteiger partial charge in [-0.1, -0.05) is 59.7 Å². The molecule has 2 aromatic carbocycles. The lowest BCUT2D eigenvalue weighted by Gasteiger charge is -2.02. The lowest BCUT2D eigenvalue weighted by atomic mass is 10.0. The molecule has 2 heteroatoms. The van der Waals surface area contributed by atoms with Crippen molar-refractivity contribution in [3.8, 4) is 11.1 Å². The Kier molecular flexibility index (Phi) is 5.43. The van der Waals surface area contributed by atoms with Crippen LogP contribution in [0, 0.1) is 13.8 Å². The summed E-state index contributed by atoms with van der Waals surface area (Å²) >= 11 is 0. The van der Waals surface area contributed by atoms with Crippen molar-refractivity contribution in [1.82, 2.24) is 0 Å². The molecule has 0 aromatic heterocycles. The minimum absolute atomic E-state index is 0. The van der Waals surface area contributed by atoms with Gasteiger partial charge in [-0.15, -0.1) is 0 Å². The average molecular weight is 216 g/mol. The van der Waals surface area contributed by atoms with Crippen molar-refractivity contribution in [3.05, 3.63) is 59.7 Å². The molecule has 0 atom stereocenters. The van der Waals surface area contributed by atoms with E-state index < -0.39 is 0 Å². The van der Waals surface area contributed by atoms with Crippen LogP contribution in [0.4, 0.5) is 0 Å². The van der Waals surface area contributed by atoms with E-state index in [1.165, 1.54) is 22.3 Å². The molecule has 16 heavy (non-hydrogen) atoms. The predicted molar refractivity (Wildman–Crippen MR) is 65.2 cm³/mol. The van der Waals surface area contributed by atoms with Gasteiger partial charge >= 0.3 is 0 Å². The minimum Gasteiger partial charge on any atom is -0.255 e. The summed E-state index contributed by atoms with van der Waals surface area (Å²) < 4.78 is 0. The number of aryl methyl sites for hydroxylation is 2. The fourth-order valence-corrected chi connectivity index (χ4v) is 1.49. The van der Waals surface area contributed by atoms with E-state index in [9.17, 15) is 0 Å². The van der Waals surface area contributed by atoms with E-state index in [0.717, 1.165) is 0 Å². The van der Waals surface area contributed by atoms with Crippen molar-refractivity contribution < 1.29 is 11.0 Å². The number of rotatable bonds is 1. The zero-order valence-electron chi connectivity index (χ0n) is 9.51. The second-order valence-electron chi connectivity index (χ2n) is 3.73. The number of benzene rings is 2. The molecule has 0 heterocycles. The zero-order chi connectivity index (χ0) is 9.97. The van der Waals surface area contributed by atoms with Crippen LogP contribution in [0.3, 0.4) is 0 Å². The molecule has 84 valence electrons. The quantitative estimate of drug-likeness (QED) is 0.731.